The highest BCUT2D eigenvalue weighted by Gasteiger charge is 2.21. The van der Waals surface area contributed by atoms with E-state index in [1.807, 2.05) is 67.8 Å². The maximum atomic E-state index is 12.5. The van der Waals surface area contributed by atoms with Crippen LogP contribution in [0.5, 0.6) is 0 Å². The third-order valence-electron chi connectivity index (χ3n) is 4.70. The molecule has 0 aliphatic rings. The van der Waals surface area contributed by atoms with Gasteiger partial charge in [0, 0.05) is 21.2 Å². The van der Waals surface area contributed by atoms with E-state index in [0.717, 1.165) is 21.0 Å². The molecule has 1 N–H and O–H groups in total. The van der Waals surface area contributed by atoms with Crippen molar-refractivity contribution in [3.05, 3.63) is 70.1 Å². The molecule has 5 nitrogen and oxygen atoms in total. The van der Waals surface area contributed by atoms with Gasteiger partial charge in [0.05, 0.1) is 6.04 Å². The number of fused-ring (bicyclic) bond motifs is 3. The number of ether oxygens (including phenoxy) is 1. The number of carbonyl (C=O) groups excluding carboxylic acids is 2. The molecule has 4 aromatic rings. The first-order valence-electron chi connectivity index (χ1n) is 8.95. The second kappa shape index (κ2) is 7.48. The van der Waals surface area contributed by atoms with Crippen LogP contribution in [0.2, 0.25) is 0 Å². The highest BCUT2D eigenvalue weighted by molar-refractivity contribution is 7.10. The predicted octanol–water partition coefficient (Wildman–Crippen LogP) is 4.99. The number of rotatable bonds is 5. The molecule has 28 heavy (non-hydrogen) atoms. The molecule has 2 heterocycles. The van der Waals surface area contributed by atoms with Crippen molar-refractivity contribution in [2.75, 3.05) is 6.61 Å². The maximum Gasteiger partial charge on any atom is 0.375 e. The number of hydrogen-bond acceptors (Lipinski definition) is 5. The van der Waals surface area contributed by atoms with Gasteiger partial charge < -0.3 is 14.5 Å². The second-order valence-electron chi connectivity index (χ2n) is 6.60. The summed E-state index contributed by atoms with van der Waals surface area (Å²) in [5, 5.41) is 7.60. The van der Waals surface area contributed by atoms with Crippen molar-refractivity contribution < 1.29 is 18.7 Å². The van der Waals surface area contributed by atoms with Crippen molar-refractivity contribution in [2.45, 2.75) is 19.9 Å². The molecule has 2 aromatic carbocycles. The van der Waals surface area contributed by atoms with Gasteiger partial charge >= 0.3 is 5.97 Å². The molecular formula is C22H19NO4S. The molecule has 0 spiro atoms. The van der Waals surface area contributed by atoms with Crippen LogP contribution in [-0.2, 0) is 9.53 Å². The van der Waals surface area contributed by atoms with Gasteiger partial charge in [-0.25, -0.2) is 4.79 Å². The molecule has 4 rings (SSSR count). The van der Waals surface area contributed by atoms with Gasteiger partial charge in [-0.05, 0) is 30.7 Å². The topological polar surface area (TPSA) is 68.5 Å². The van der Waals surface area contributed by atoms with Gasteiger partial charge in [0.1, 0.15) is 5.58 Å². The van der Waals surface area contributed by atoms with Crippen molar-refractivity contribution in [3.8, 4) is 0 Å². The molecule has 0 bridgehead atoms. The van der Waals surface area contributed by atoms with Crippen molar-refractivity contribution >= 4 is 45.0 Å². The molecule has 1 amide bonds. The molecule has 0 unspecified atom stereocenters. The van der Waals surface area contributed by atoms with E-state index < -0.39 is 5.97 Å². The van der Waals surface area contributed by atoms with Crippen LogP contribution in [0, 0.1) is 6.92 Å². The number of benzene rings is 2. The molecule has 0 fully saturated rings. The van der Waals surface area contributed by atoms with E-state index in [9.17, 15) is 9.59 Å². The van der Waals surface area contributed by atoms with Crippen LogP contribution in [-0.4, -0.2) is 18.5 Å². The van der Waals surface area contributed by atoms with Crippen molar-refractivity contribution in [3.63, 3.8) is 0 Å². The molecule has 0 aliphatic heterocycles. The Balaban J connectivity index is 1.49. The second-order valence-corrected chi connectivity index (χ2v) is 7.58. The van der Waals surface area contributed by atoms with Gasteiger partial charge in [-0.3, -0.25) is 4.79 Å². The number of nitrogens with one attached hydrogen (secondary N) is 1. The molecule has 142 valence electrons. The summed E-state index contributed by atoms with van der Waals surface area (Å²) in [6.07, 6.45) is 0. The minimum atomic E-state index is -0.642. The van der Waals surface area contributed by atoms with E-state index in [1.165, 1.54) is 0 Å². The van der Waals surface area contributed by atoms with Crippen molar-refractivity contribution in [1.29, 1.82) is 0 Å². The Kier molecular flexibility index (Phi) is 4.88. The maximum absolute atomic E-state index is 12.5. The number of aryl methyl sites for hydroxylation is 1. The Morgan fingerprint density at radius 2 is 1.93 bits per heavy atom. The first kappa shape index (κ1) is 18.3. The van der Waals surface area contributed by atoms with Crippen molar-refractivity contribution in [1.82, 2.24) is 5.32 Å². The molecule has 6 heteroatoms. The largest absolute Gasteiger partial charge is 0.450 e. The van der Waals surface area contributed by atoms with Crippen molar-refractivity contribution in [2.24, 2.45) is 0 Å². The zero-order chi connectivity index (χ0) is 19.7. The fraction of sp³-hybridized carbons (Fsp3) is 0.182. The summed E-state index contributed by atoms with van der Waals surface area (Å²) >= 11 is 1.56. The molecule has 0 saturated heterocycles. The summed E-state index contributed by atoms with van der Waals surface area (Å²) in [7, 11) is 0. The van der Waals surface area contributed by atoms with E-state index in [-0.39, 0.29) is 24.3 Å². The van der Waals surface area contributed by atoms with Crippen LogP contribution < -0.4 is 5.32 Å². The average Bonchev–Trinajstić information content (AvgIpc) is 3.35. The first-order chi connectivity index (χ1) is 13.5. The van der Waals surface area contributed by atoms with Gasteiger partial charge in [-0.15, -0.1) is 11.3 Å². The van der Waals surface area contributed by atoms with E-state index in [4.69, 9.17) is 9.15 Å². The smallest absolute Gasteiger partial charge is 0.375 e. The lowest BCUT2D eigenvalue weighted by Crippen LogP contribution is -2.30. The lowest BCUT2D eigenvalue weighted by atomic mass is 10.1. The highest BCUT2D eigenvalue weighted by atomic mass is 32.1. The van der Waals surface area contributed by atoms with E-state index in [1.54, 1.807) is 11.3 Å². The first-order valence-corrected chi connectivity index (χ1v) is 9.83. The minimum Gasteiger partial charge on any atom is -0.450 e. The molecule has 0 radical (unpaired) electrons. The standard InChI is InChI=1S/C22H19NO4S/c1-13-16-10-9-15-6-3-4-7-17(15)21(16)27-20(13)22(25)26-12-19(24)23-14(2)18-8-5-11-28-18/h3-11,14H,12H2,1-2H3,(H,23,24)/t14-/m0/s1. The summed E-state index contributed by atoms with van der Waals surface area (Å²) < 4.78 is 11.0. The third kappa shape index (κ3) is 3.39. The summed E-state index contributed by atoms with van der Waals surface area (Å²) in [4.78, 5) is 25.6. The van der Waals surface area contributed by atoms with Gasteiger partial charge in [0.2, 0.25) is 5.76 Å². The van der Waals surface area contributed by atoms with Gasteiger partial charge in [-0.1, -0.05) is 42.5 Å². The number of furan rings is 1. The molecule has 0 saturated carbocycles. The fourth-order valence-corrected chi connectivity index (χ4v) is 3.97. The molecule has 1 atom stereocenters. The quantitative estimate of drug-likeness (QED) is 0.485. The Morgan fingerprint density at radius 1 is 1.11 bits per heavy atom. The Morgan fingerprint density at radius 3 is 2.71 bits per heavy atom. The minimum absolute atomic E-state index is 0.130. The number of carbonyl (C=O) groups is 2. The molecule has 0 aliphatic carbocycles. The van der Waals surface area contributed by atoms with Crippen LogP contribution in [0.4, 0.5) is 0 Å². The number of esters is 1. The van der Waals surface area contributed by atoms with Crippen LogP contribution in [0.15, 0.2) is 58.3 Å². The monoisotopic (exact) mass is 393 g/mol. The van der Waals surface area contributed by atoms with Crippen LogP contribution in [0.3, 0.4) is 0 Å². The Bertz CT molecular complexity index is 1160. The summed E-state index contributed by atoms with van der Waals surface area (Å²) in [5.41, 5.74) is 1.36. The lowest BCUT2D eigenvalue weighted by Gasteiger charge is -2.12. The SMILES string of the molecule is Cc1c(C(=O)OCC(=O)N[C@@H](C)c2cccs2)oc2c1ccc1ccccc12. The Hall–Kier alpha value is -3.12. The normalized spacial score (nSPS) is 12.2. The summed E-state index contributed by atoms with van der Waals surface area (Å²) in [6.45, 7) is 3.35. The van der Waals surface area contributed by atoms with Gasteiger partial charge in [0.15, 0.2) is 6.61 Å². The summed E-state index contributed by atoms with van der Waals surface area (Å²) in [5.74, 6) is -0.865. The zero-order valence-corrected chi connectivity index (χ0v) is 16.3. The van der Waals surface area contributed by atoms with Gasteiger partial charge in [0.25, 0.3) is 5.91 Å². The van der Waals surface area contributed by atoms with Crippen LogP contribution >= 0.6 is 11.3 Å². The highest BCUT2D eigenvalue weighted by Crippen LogP contribution is 2.32. The summed E-state index contributed by atoms with van der Waals surface area (Å²) in [6, 6.07) is 15.5. The van der Waals surface area contributed by atoms with Crippen LogP contribution in [0.1, 0.15) is 34.0 Å². The van der Waals surface area contributed by atoms with E-state index in [0.29, 0.717) is 11.1 Å². The predicted molar refractivity (Wildman–Crippen MR) is 110 cm³/mol. The fourth-order valence-electron chi connectivity index (χ4n) is 3.23. The van der Waals surface area contributed by atoms with Gasteiger partial charge in [-0.2, -0.15) is 0 Å². The average molecular weight is 393 g/mol. The molecular weight excluding hydrogens is 374 g/mol. The number of thiophene rings is 1. The van der Waals surface area contributed by atoms with E-state index >= 15 is 0 Å². The van der Waals surface area contributed by atoms with E-state index in [2.05, 4.69) is 5.32 Å². The molecule has 2 aromatic heterocycles. The zero-order valence-electron chi connectivity index (χ0n) is 15.5. The van der Waals surface area contributed by atoms with Crippen LogP contribution in [0.25, 0.3) is 21.7 Å². The number of hydrogen-bond donors (Lipinski definition) is 1. The number of amides is 1. The lowest BCUT2D eigenvalue weighted by molar-refractivity contribution is -0.124. The third-order valence-corrected chi connectivity index (χ3v) is 5.75. The Labute approximate surface area is 165 Å².